The van der Waals surface area contributed by atoms with Gasteiger partial charge in [0.05, 0.1) is 0 Å². The van der Waals surface area contributed by atoms with Crippen LogP contribution in [-0.4, -0.2) is 35.0 Å². The van der Waals surface area contributed by atoms with Crippen LogP contribution in [-0.2, 0) is 9.59 Å². The van der Waals surface area contributed by atoms with Crippen LogP contribution < -0.4 is 0 Å². The van der Waals surface area contributed by atoms with E-state index < -0.39 is 5.97 Å². The quantitative estimate of drug-likeness (QED) is 0.720. The molecule has 0 atom stereocenters. The standard InChI is InChI=1S/C11H19NO3/c1-3-11(4-2)5-6-12(8-11)9(13)7-10(14)15/h3-8H2,1-2H3,(H,14,15). The van der Waals surface area contributed by atoms with Crippen LogP contribution in [0, 0.1) is 5.41 Å². The summed E-state index contributed by atoms with van der Waals surface area (Å²) in [5, 5.41) is 8.54. The third-order valence-electron chi connectivity index (χ3n) is 3.59. The van der Waals surface area contributed by atoms with E-state index in [0.717, 1.165) is 25.8 Å². The summed E-state index contributed by atoms with van der Waals surface area (Å²) in [5.41, 5.74) is 0.230. The fraction of sp³-hybridized carbons (Fsp3) is 0.818. The summed E-state index contributed by atoms with van der Waals surface area (Å²) in [5.74, 6) is -1.28. The molecule has 0 aromatic heterocycles. The maximum absolute atomic E-state index is 11.5. The molecule has 4 heteroatoms. The minimum Gasteiger partial charge on any atom is -0.481 e. The highest BCUT2D eigenvalue weighted by molar-refractivity contribution is 5.93. The normalized spacial score (nSPS) is 19.2. The van der Waals surface area contributed by atoms with E-state index >= 15 is 0 Å². The van der Waals surface area contributed by atoms with E-state index in [1.54, 1.807) is 4.90 Å². The summed E-state index contributed by atoms with van der Waals surface area (Å²) in [6.45, 7) is 5.71. The van der Waals surface area contributed by atoms with Crippen LogP contribution in [0.5, 0.6) is 0 Å². The Labute approximate surface area is 90.3 Å². The Bertz CT molecular complexity index is 259. The molecule has 0 aromatic carbocycles. The number of hydrogen-bond donors (Lipinski definition) is 1. The van der Waals surface area contributed by atoms with Gasteiger partial charge in [-0.15, -0.1) is 0 Å². The first-order chi connectivity index (χ1) is 7.03. The molecule has 1 aliphatic heterocycles. The van der Waals surface area contributed by atoms with Gasteiger partial charge in [0, 0.05) is 13.1 Å². The van der Waals surface area contributed by atoms with E-state index in [9.17, 15) is 9.59 Å². The van der Waals surface area contributed by atoms with Gasteiger partial charge in [-0.25, -0.2) is 0 Å². The van der Waals surface area contributed by atoms with E-state index in [1.807, 2.05) is 0 Å². The first-order valence-corrected chi connectivity index (χ1v) is 5.52. The third kappa shape index (κ3) is 2.70. The predicted molar refractivity (Wildman–Crippen MR) is 56.5 cm³/mol. The van der Waals surface area contributed by atoms with Crippen molar-refractivity contribution >= 4 is 11.9 Å². The Hall–Kier alpha value is -1.06. The van der Waals surface area contributed by atoms with Crippen LogP contribution in [0.2, 0.25) is 0 Å². The predicted octanol–water partition coefficient (Wildman–Crippen LogP) is 1.50. The molecule has 4 nitrogen and oxygen atoms in total. The topological polar surface area (TPSA) is 57.6 Å². The fourth-order valence-electron chi connectivity index (χ4n) is 2.22. The van der Waals surface area contributed by atoms with Crippen LogP contribution in [0.3, 0.4) is 0 Å². The molecule has 0 radical (unpaired) electrons. The second-order valence-corrected chi connectivity index (χ2v) is 4.34. The Morgan fingerprint density at radius 2 is 1.93 bits per heavy atom. The molecule has 1 heterocycles. The minimum atomic E-state index is -1.04. The van der Waals surface area contributed by atoms with Gasteiger partial charge in [-0.1, -0.05) is 13.8 Å². The third-order valence-corrected chi connectivity index (χ3v) is 3.59. The van der Waals surface area contributed by atoms with Gasteiger partial charge in [0.15, 0.2) is 0 Å². The van der Waals surface area contributed by atoms with Crippen LogP contribution in [0.1, 0.15) is 39.5 Å². The molecule has 0 spiro atoms. The van der Waals surface area contributed by atoms with Crippen molar-refractivity contribution in [1.29, 1.82) is 0 Å². The lowest BCUT2D eigenvalue weighted by Crippen LogP contribution is -2.32. The molecule has 0 saturated carbocycles. The van der Waals surface area contributed by atoms with Gasteiger partial charge in [-0.05, 0) is 24.7 Å². The molecule has 1 N–H and O–H groups in total. The van der Waals surface area contributed by atoms with Gasteiger partial charge in [0.1, 0.15) is 6.42 Å². The zero-order valence-corrected chi connectivity index (χ0v) is 9.45. The van der Waals surface area contributed by atoms with Crippen molar-refractivity contribution in [3.05, 3.63) is 0 Å². The van der Waals surface area contributed by atoms with Crippen LogP contribution >= 0.6 is 0 Å². The fourth-order valence-corrected chi connectivity index (χ4v) is 2.22. The smallest absolute Gasteiger partial charge is 0.312 e. The molecule has 86 valence electrons. The van der Waals surface area contributed by atoms with E-state index in [-0.39, 0.29) is 17.7 Å². The van der Waals surface area contributed by atoms with E-state index in [4.69, 9.17) is 5.11 Å². The van der Waals surface area contributed by atoms with Crippen LogP contribution in [0.25, 0.3) is 0 Å². The monoisotopic (exact) mass is 213 g/mol. The average Bonchev–Trinajstić information content (AvgIpc) is 2.62. The lowest BCUT2D eigenvalue weighted by Gasteiger charge is -2.26. The maximum atomic E-state index is 11.5. The summed E-state index contributed by atoms with van der Waals surface area (Å²) in [6, 6.07) is 0. The average molecular weight is 213 g/mol. The second kappa shape index (κ2) is 4.64. The Morgan fingerprint density at radius 1 is 1.33 bits per heavy atom. The summed E-state index contributed by atoms with van der Waals surface area (Å²) in [6.07, 6.45) is 2.75. The SMILES string of the molecule is CCC1(CC)CCN(C(=O)CC(=O)O)C1. The van der Waals surface area contributed by atoms with Gasteiger partial charge < -0.3 is 10.0 Å². The summed E-state index contributed by atoms with van der Waals surface area (Å²) >= 11 is 0. The van der Waals surface area contributed by atoms with Gasteiger partial charge >= 0.3 is 5.97 Å². The number of likely N-dealkylation sites (tertiary alicyclic amines) is 1. The number of amides is 1. The molecule has 15 heavy (non-hydrogen) atoms. The molecule has 0 bridgehead atoms. The molecule has 1 fully saturated rings. The number of carbonyl (C=O) groups excluding carboxylic acids is 1. The van der Waals surface area contributed by atoms with Gasteiger partial charge in [-0.3, -0.25) is 9.59 Å². The molecular weight excluding hydrogens is 194 g/mol. The molecule has 0 unspecified atom stereocenters. The lowest BCUT2D eigenvalue weighted by molar-refractivity contribution is -0.144. The number of aliphatic carboxylic acids is 1. The minimum absolute atomic E-state index is 0.230. The van der Waals surface area contributed by atoms with Gasteiger partial charge in [0.25, 0.3) is 0 Å². The van der Waals surface area contributed by atoms with E-state index in [2.05, 4.69) is 13.8 Å². The Balaban J connectivity index is 2.55. The largest absolute Gasteiger partial charge is 0.481 e. The number of carbonyl (C=O) groups is 2. The maximum Gasteiger partial charge on any atom is 0.312 e. The van der Waals surface area contributed by atoms with Crippen molar-refractivity contribution in [3.63, 3.8) is 0 Å². The van der Waals surface area contributed by atoms with Gasteiger partial charge in [-0.2, -0.15) is 0 Å². The van der Waals surface area contributed by atoms with Crippen LogP contribution in [0.15, 0.2) is 0 Å². The second-order valence-electron chi connectivity index (χ2n) is 4.34. The van der Waals surface area contributed by atoms with E-state index in [1.165, 1.54) is 0 Å². The molecule has 1 saturated heterocycles. The number of hydrogen-bond acceptors (Lipinski definition) is 2. The highest BCUT2D eigenvalue weighted by Gasteiger charge is 2.37. The summed E-state index contributed by atoms with van der Waals surface area (Å²) < 4.78 is 0. The molecule has 0 aromatic rings. The first-order valence-electron chi connectivity index (χ1n) is 5.52. The van der Waals surface area contributed by atoms with Crippen molar-refractivity contribution < 1.29 is 14.7 Å². The number of nitrogens with zero attached hydrogens (tertiary/aromatic N) is 1. The van der Waals surface area contributed by atoms with E-state index in [0.29, 0.717) is 6.54 Å². The zero-order valence-electron chi connectivity index (χ0n) is 9.45. The molecule has 1 aliphatic rings. The van der Waals surface area contributed by atoms with Crippen LogP contribution in [0.4, 0.5) is 0 Å². The van der Waals surface area contributed by atoms with Crippen molar-refractivity contribution in [2.45, 2.75) is 39.5 Å². The number of carboxylic acid groups (broad SMARTS) is 1. The van der Waals surface area contributed by atoms with Crippen molar-refractivity contribution in [2.75, 3.05) is 13.1 Å². The Morgan fingerprint density at radius 3 is 2.33 bits per heavy atom. The lowest BCUT2D eigenvalue weighted by atomic mass is 9.82. The highest BCUT2D eigenvalue weighted by Crippen LogP contribution is 2.37. The number of rotatable bonds is 4. The Kier molecular flexibility index (Phi) is 3.72. The van der Waals surface area contributed by atoms with Crippen molar-refractivity contribution in [1.82, 2.24) is 4.90 Å². The summed E-state index contributed by atoms with van der Waals surface area (Å²) in [7, 11) is 0. The highest BCUT2D eigenvalue weighted by atomic mass is 16.4. The molecule has 1 amide bonds. The zero-order chi connectivity index (χ0) is 11.5. The van der Waals surface area contributed by atoms with Crippen molar-refractivity contribution in [3.8, 4) is 0 Å². The first kappa shape index (κ1) is 12.0. The van der Waals surface area contributed by atoms with Gasteiger partial charge in [0.2, 0.25) is 5.91 Å². The molecular formula is C11H19NO3. The molecule has 0 aliphatic carbocycles. The van der Waals surface area contributed by atoms with Crippen molar-refractivity contribution in [2.24, 2.45) is 5.41 Å². The number of carboxylic acids is 1. The summed E-state index contributed by atoms with van der Waals surface area (Å²) in [4.78, 5) is 23.6. The molecule has 1 rings (SSSR count).